The Hall–Kier alpha value is -4.36. The molecule has 0 spiro atoms. The molecular formula is C47H56BrF2N3O6. The lowest BCUT2D eigenvalue weighted by atomic mass is 9.92. The van der Waals surface area contributed by atoms with Gasteiger partial charge in [0.25, 0.3) is 0 Å². The average molecular weight is 877 g/mol. The molecule has 1 fully saturated rings. The predicted molar refractivity (Wildman–Crippen MR) is 231 cm³/mol. The van der Waals surface area contributed by atoms with Gasteiger partial charge in [-0.1, -0.05) is 62.4 Å². The largest absolute Gasteiger partial charge is 0.488 e. The standard InChI is InChI=1S/C47H56BrF2N3O6/c1-29(2)27-56-22-23-58-47(8)18-20-52(21-19-47)44-39(41(45(54)55-9)59-46(5,6)7)30(3)31(4)43-51-40(42(48)53(43)44)34-17-13-16-33(24-34)35-25-36(49)37(50)26-38(35)57-28-32-14-11-10-12-15-32/h10-17,24-26,29,41H,18-23,27-28H2,1-9H3/t41-/m0/s1. The maximum absolute atomic E-state index is 14.9. The fourth-order valence-corrected chi connectivity index (χ4v) is 8.10. The fourth-order valence-electron chi connectivity index (χ4n) is 7.44. The summed E-state index contributed by atoms with van der Waals surface area (Å²) in [6.07, 6.45) is 0.431. The Balaban J connectivity index is 1.45. The van der Waals surface area contributed by atoms with E-state index in [2.05, 4.69) is 46.0 Å². The van der Waals surface area contributed by atoms with Crippen LogP contribution in [0.15, 0.2) is 71.3 Å². The molecule has 5 aromatic rings. The molecule has 0 N–H and O–H groups in total. The lowest BCUT2D eigenvalue weighted by molar-refractivity contribution is -0.164. The van der Waals surface area contributed by atoms with Crippen LogP contribution < -0.4 is 9.64 Å². The quantitative estimate of drug-likeness (QED) is 0.0760. The van der Waals surface area contributed by atoms with Gasteiger partial charge in [-0.15, -0.1) is 0 Å². The number of esters is 1. The molecular weight excluding hydrogens is 820 g/mol. The van der Waals surface area contributed by atoms with Crippen molar-refractivity contribution in [3.05, 3.63) is 105 Å². The SMILES string of the molecule is COC(=O)[C@@H](OC(C)(C)C)c1c(C)c(C)c2nc(-c3cccc(-c4cc(F)c(F)cc4OCc4ccccc4)c3)c(Br)n2c1N1CCC(C)(OCCOCC(C)C)CC1. The monoisotopic (exact) mass is 875 g/mol. The van der Waals surface area contributed by atoms with E-state index in [1.807, 2.05) is 89.2 Å². The third-order valence-corrected chi connectivity index (χ3v) is 11.4. The molecule has 6 rings (SSSR count). The summed E-state index contributed by atoms with van der Waals surface area (Å²) >= 11 is 3.96. The highest BCUT2D eigenvalue weighted by Gasteiger charge is 2.39. The average Bonchev–Trinajstić information content (AvgIpc) is 3.55. The van der Waals surface area contributed by atoms with Gasteiger partial charge in [-0.25, -0.2) is 18.6 Å². The Morgan fingerprint density at radius 3 is 2.27 bits per heavy atom. The number of hydrogen-bond acceptors (Lipinski definition) is 8. The van der Waals surface area contributed by atoms with Crippen molar-refractivity contribution in [3.8, 4) is 28.1 Å². The number of methoxy groups -OCH3 is 1. The summed E-state index contributed by atoms with van der Waals surface area (Å²) < 4.78 is 62.5. The molecule has 2 aromatic heterocycles. The second kappa shape index (κ2) is 18.5. The summed E-state index contributed by atoms with van der Waals surface area (Å²) in [5, 5.41) is 0. The van der Waals surface area contributed by atoms with E-state index in [1.165, 1.54) is 13.2 Å². The number of aryl methyl sites for hydroxylation is 1. The Kier molecular flexibility index (Phi) is 13.9. The number of piperidine rings is 1. The van der Waals surface area contributed by atoms with Crippen LogP contribution in [0.3, 0.4) is 0 Å². The molecule has 0 saturated carbocycles. The van der Waals surface area contributed by atoms with Gasteiger partial charge < -0.3 is 28.6 Å². The third-order valence-electron chi connectivity index (χ3n) is 10.7. The Bertz CT molecular complexity index is 2260. The third kappa shape index (κ3) is 10.2. The van der Waals surface area contributed by atoms with Gasteiger partial charge in [-0.2, -0.15) is 0 Å². The minimum atomic E-state index is -1.04. The Morgan fingerprint density at radius 1 is 0.932 bits per heavy atom. The number of anilines is 1. The number of carbonyl (C=O) groups is 1. The van der Waals surface area contributed by atoms with Gasteiger partial charge in [0.1, 0.15) is 34.1 Å². The molecule has 1 atom stereocenters. The van der Waals surface area contributed by atoms with Gasteiger partial charge in [-0.3, -0.25) is 4.40 Å². The van der Waals surface area contributed by atoms with Crippen molar-refractivity contribution in [1.29, 1.82) is 0 Å². The second-order valence-electron chi connectivity index (χ2n) is 16.9. The number of benzene rings is 3. The van der Waals surface area contributed by atoms with Crippen LogP contribution in [0.25, 0.3) is 28.0 Å². The van der Waals surface area contributed by atoms with E-state index in [-0.39, 0.29) is 18.0 Å². The van der Waals surface area contributed by atoms with E-state index >= 15 is 0 Å². The number of pyridine rings is 1. The zero-order valence-electron chi connectivity index (χ0n) is 35.6. The first-order valence-corrected chi connectivity index (χ1v) is 21.0. The second-order valence-corrected chi connectivity index (χ2v) is 17.7. The van der Waals surface area contributed by atoms with Gasteiger partial charge in [0.15, 0.2) is 17.7 Å². The molecule has 59 heavy (non-hydrogen) atoms. The van der Waals surface area contributed by atoms with Crippen molar-refractivity contribution in [2.24, 2.45) is 5.92 Å². The molecule has 1 aliphatic heterocycles. The van der Waals surface area contributed by atoms with E-state index in [4.69, 9.17) is 28.7 Å². The van der Waals surface area contributed by atoms with Crippen LogP contribution in [0.2, 0.25) is 0 Å². The maximum Gasteiger partial charge on any atom is 0.339 e. The highest BCUT2D eigenvalue weighted by Crippen LogP contribution is 2.44. The van der Waals surface area contributed by atoms with Crippen LogP contribution in [0.5, 0.6) is 5.75 Å². The Labute approximate surface area is 355 Å². The van der Waals surface area contributed by atoms with Crippen molar-refractivity contribution in [2.75, 3.05) is 44.9 Å². The number of aromatic nitrogens is 2. The van der Waals surface area contributed by atoms with E-state index < -0.39 is 29.3 Å². The van der Waals surface area contributed by atoms with Crippen molar-refractivity contribution in [1.82, 2.24) is 9.38 Å². The number of imidazole rings is 1. The van der Waals surface area contributed by atoms with E-state index in [0.29, 0.717) is 71.5 Å². The molecule has 1 saturated heterocycles. The van der Waals surface area contributed by atoms with Crippen molar-refractivity contribution < 1.29 is 37.3 Å². The zero-order chi connectivity index (χ0) is 42.6. The van der Waals surface area contributed by atoms with Crippen LogP contribution in [-0.2, 0) is 30.3 Å². The van der Waals surface area contributed by atoms with Crippen LogP contribution in [0.1, 0.15) is 82.7 Å². The first-order chi connectivity index (χ1) is 28.0. The highest BCUT2D eigenvalue weighted by atomic mass is 79.9. The summed E-state index contributed by atoms with van der Waals surface area (Å²) in [5.41, 5.74) is 5.35. The molecule has 0 bridgehead atoms. The smallest absolute Gasteiger partial charge is 0.339 e. The summed E-state index contributed by atoms with van der Waals surface area (Å²) in [7, 11) is 1.37. The molecule has 316 valence electrons. The van der Waals surface area contributed by atoms with E-state index in [0.717, 1.165) is 47.0 Å². The summed E-state index contributed by atoms with van der Waals surface area (Å²) in [6.45, 7) is 19.3. The first kappa shape index (κ1) is 44.2. The van der Waals surface area contributed by atoms with Crippen molar-refractivity contribution >= 4 is 33.4 Å². The lowest BCUT2D eigenvalue weighted by Crippen LogP contribution is -2.46. The molecule has 1 aliphatic rings. The minimum Gasteiger partial charge on any atom is -0.488 e. The van der Waals surface area contributed by atoms with Crippen LogP contribution in [0.4, 0.5) is 14.6 Å². The number of carbonyl (C=O) groups excluding carboxylic acids is 1. The highest BCUT2D eigenvalue weighted by molar-refractivity contribution is 9.10. The molecule has 0 amide bonds. The lowest BCUT2D eigenvalue weighted by Gasteiger charge is -2.42. The molecule has 0 radical (unpaired) electrons. The fraction of sp³-hybridized carbons (Fsp3) is 0.447. The molecule has 0 aliphatic carbocycles. The van der Waals surface area contributed by atoms with Gasteiger partial charge in [0.05, 0.1) is 31.5 Å². The molecule has 0 unspecified atom stereocenters. The van der Waals surface area contributed by atoms with Gasteiger partial charge in [0.2, 0.25) is 0 Å². The van der Waals surface area contributed by atoms with Crippen LogP contribution in [-0.4, -0.2) is 66.6 Å². The molecule has 3 heterocycles. The molecule has 12 heteroatoms. The van der Waals surface area contributed by atoms with Crippen molar-refractivity contribution in [3.63, 3.8) is 0 Å². The normalized spacial score (nSPS) is 14.9. The van der Waals surface area contributed by atoms with E-state index in [9.17, 15) is 13.6 Å². The topological polar surface area (TPSA) is 83.8 Å². The first-order valence-electron chi connectivity index (χ1n) is 20.2. The number of ether oxygens (including phenoxy) is 5. The predicted octanol–water partition coefficient (Wildman–Crippen LogP) is 11.0. The summed E-state index contributed by atoms with van der Waals surface area (Å²) in [5.74, 6) is -1.03. The molecule has 9 nitrogen and oxygen atoms in total. The summed E-state index contributed by atoms with van der Waals surface area (Å²) in [6, 6.07) is 19.3. The van der Waals surface area contributed by atoms with Crippen LogP contribution in [0, 0.1) is 31.4 Å². The molecule has 3 aromatic carbocycles. The number of rotatable bonds is 15. The van der Waals surface area contributed by atoms with E-state index in [1.54, 1.807) is 0 Å². The van der Waals surface area contributed by atoms with Crippen molar-refractivity contribution in [2.45, 2.75) is 92.1 Å². The van der Waals surface area contributed by atoms with Gasteiger partial charge >= 0.3 is 5.97 Å². The maximum atomic E-state index is 14.9. The number of nitrogens with zero attached hydrogens (tertiary/aromatic N) is 3. The summed E-state index contributed by atoms with van der Waals surface area (Å²) in [4.78, 5) is 21.2. The Morgan fingerprint density at radius 2 is 1.61 bits per heavy atom. The number of fused-ring (bicyclic) bond motifs is 1. The minimum absolute atomic E-state index is 0.181. The number of hydrogen-bond donors (Lipinski definition) is 0. The van der Waals surface area contributed by atoms with Crippen LogP contribution >= 0.6 is 15.9 Å². The van der Waals surface area contributed by atoms with Gasteiger partial charge in [0, 0.05) is 42.5 Å². The van der Waals surface area contributed by atoms with Gasteiger partial charge in [-0.05, 0) is 111 Å². The number of halogens is 3. The zero-order valence-corrected chi connectivity index (χ0v) is 37.2.